The number of hydrogen-bond donors (Lipinski definition) is 2. The van der Waals surface area contributed by atoms with E-state index in [-0.39, 0.29) is 5.91 Å². The minimum Gasteiger partial charge on any atom is -0.352 e. The van der Waals surface area contributed by atoms with E-state index in [2.05, 4.69) is 24.1 Å². The van der Waals surface area contributed by atoms with Gasteiger partial charge in [0.25, 0.3) is 0 Å². The van der Waals surface area contributed by atoms with E-state index in [4.69, 9.17) is 5.73 Å². The number of hydrogen-bond acceptors (Lipinski definition) is 3. The quantitative estimate of drug-likeness (QED) is 0.716. The minimum absolute atomic E-state index is 0.0751. The zero-order chi connectivity index (χ0) is 12.1. The van der Waals surface area contributed by atoms with Crippen molar-refractivity contribution >= 4 is 5.91 Å². The van der Waals surface area contributed by atoms with E-state index in [0.29, 0.717) is 17.9 Å². The average molecular weight is 227 g/mol. The van der Waals surface area contributed by atoms with Gasteiger partial charge in [-0.15, -0.1) is 0 Å². The van der Waals surface area contributed by atoms with Gasteiger partial charge in [-0.1, -0.05) is 13.8 Å². The van der Waals surface area contributed by atoms with Crippen LogP contribution in [-0.2, 0) is 4.79 Å². The zero-order valence-electron chi connectivity index (χ0n) is 10.7. The van der Waals surface area contributed by atoms with E-state index in [0.717, 1.165) is 32.6 Å². The van der Waals surface area contributed by atoms with Crippen LogP contribution in [0, 0.1) is 11.8 Å². The number of carbonyl (C=O) groups is 1. The van der Waals surface area contributed by atoms with Gasteiger partial charge in [-0.25, -0.2) is 0 Å². The van der Waals surface area contributed by atoms with Gasteiger partial charge in [-0.3, -0.25) is 4.79 Å². The highest BCUT2D eigenvalue weighted by Gasteiger charge is 2.25. The van der Waals surface area contributed by atoms with Crippen LogP contribution in [0.3, 0.4) is 0 Å². The van der Waals surface area contributed by atoms with Gasteiger partial charge in [0.05, 0.1) is 0 Å². The molecule has 2 unspecified atom stereocenters. The van der Waals surface area contributed by atoms with Crippen LogP contribution in [0.2, 0.25) is 0 Å². The van der Waals surface area contributed by atoms with Crippen LogP contribution in [0.4, 0.5) is 0 Å². The molecule has 2 atom stereocenters. The van der Waals surface area contributed by atoms with E-state index in [9.17, 15) is 4.79 Å². The molecule has 4 heteroatoms. The summed E-state index contributed by atoms with van der Waals surface area (Å²) in [6, 6.07) is 0.336. The summed E-state index contributed by atoms with van der Waals surface area (Å²) in [6.45, 7) is 9.89. The number of nitrogens with one attached hydrogen (secondary N) is 1. The Kier molecular flexibility index (Phi) is 5.22. The molecule has 1 aliphatic heterocycles. The van der Waals surface area contributed by atoms with Crippen molar-refractivity contribution in [2.24, 2.45) is 17.6 Å². The molecule has 1 fully saturated rings. The summed E-state index contributed by atoms with van der Waals surface area (Å²) < 4.78 is 0. The lowest BCUT2D eigenvalue weighted by molar-refractivity contribution is -0.119. The molecule has 1 amide bonds. The molecular formula is C12H25N3O. The summed E-state index contributed by atoms with van der Waals surface area (Å²) >= 11 is 0. The number of amides is 1. The Bertz CT molecular complexity index is 230. The maximum absolute atomic E-state index is 10.9. The molecule has 3 N–H and O–H groups in total. The predicted molar refractivity (Wildman–Crippen MR) is 66.0 cm³/mol. The molecule has 0 saturated carbocycles. The fourth-order valence-electron chi connectivity index (χ4n) is 2.29. The third kappa shape index (κ3) is 4.10. The lowest BCUT2D eigenvalue weighted by atomic mass is 9.95. The molecule has 94 valence electrons. The summed E-state index contributed by atoms with van der Waals surface area (Å²) in [6.07, 6.45) is 1.06. The maximum Gasteiger partial charge on any atom is 0.217 e. The Morgan fingerprint density at radius 2 is 2.25 bits per heavy atom. The Morgan fingerprint density at radius 1 is 1.56 bits per heavy atom. The Morgan fingerprint density at radius 3 is 2.75 bits per heavy atom. The standard InChI is InChI=1S/C12H25N3O/c1-9(2)11(6-13)7-15-5-4-12(8-15)14-10(3)16/h9,11-12H,4-8,13H2,1-3H3,(H,14,16). The molecule has 1 saturated heterocycles. The molecular weight excluding hydrogens is 202 g/mol. The van der Waals surface area contributed by atoms with Gasteiger partial charge in [0, 0.05) is 32.6 Å². The molecule has 0 aromatic heterocycles. The topological polar surface area (TPSA) is 58.4 Å². The molecule has 0 aromatic carbocycles. The molecule has 0 spiro atoms. The van der Waals surface area contributed by atoms with Crippen LogP contribution in [0.1, 0.15) is 27.2 Å². The van der Waals surface area contributed by atoms with Crippen molar-refractivity contribution in [1.29, 1.82) is 0 Å². The first-order valence-electron chi connectivity index (χ1n) is 6.22. The van der Waals surface area contributed by atoms with E-state index in [1.807, 2.05) is 0 Å². The monoisotopic (exact) mass is 227 g/mol. The molecule has 0 aliphatic carbocycles. The molecule has 1 heterocycles. The van der Waals surface area contributed by atoms with Crippen molar-refractivity contribution in [3.05, 3.63) is 0 Å². The van der Waals surface area contributed by atoms with Crippen molar-refractivity contribution in [3.63, 3.8) is 0 Å². The van der Waals surface area contributed by atoms with Gasteiger partial charge in [0.2, 0.25) is 5.91 Å². The smallest absolute Gasteiger partial charge is 0.217 e. The number of likely N-dealkylation sites (tertiary alicyclic amines) is 1. The summed E-state index contributed by atoms with van der Waals surface area (Å²) in [5.41, 5.74) is 5.77. The summed E-state index contributed by atoms with van der Waals surface area (Å²) in [7, 11) is 0. The number of carbonyl (C=O) groups excluding carboxylic acids is 1. The van der Waals surface area contributed by atoms with Crippen LogP contribution in [-0.4, -0.2) is 43.0 Å². The molecule has 16 heavy (non-hydrogen) atoms. The SMILES string of the molecule is CC(=O)NC1CCN(CC(CN)C(C)C)C1. The fraction of sp³-hybridized carbons (Fsp3) is 0.917. The molecule has 4 nitrogen and oxygen atoms in total. The van der Waals surface area contributed by atoms with Gasteiger partial charge >= 0.3 is 0 Å². The van der Waals surface area contributed by atoms with Gasteiger partial charge in [0.15, 0.2) is 0 Å². The van der Waals surface area contributed by atoms with E-state index < -0.39 is 0 Å². The third-order valence-electron chi connectivity index (χ3n) is 3.42. The minimum atomic E-state index is 0.0751. The molecule has 1 rings (SSSR count). The number of nitrogens with two attached hydrogens (primary N) is 1. The normalized spacial score (nSPS) is 23.7. The second kappa shape index (κ2) is 6.21. The maximum atomic E-state index is 10.9. The van der Waals surface area contributed by atoms with Crippen molar-refractivity contribution in [3.8, 4) is 0 Å². The van der Waals surface area contributed by atoms with Crippen LogP contribution in [0.5, 0.6) is 0 Å². The molecule has 0 bridgehead atoms. The van der Waals surface area contributed by atoms with Gasteiger partial charge in [-0.2, -0.15) is 0 Å². The van der Waals surface area contributed by atoms with E-state index in [1.165, 1.54) is 0 Å². The first-order chi connectivity index (χ1) is 7.52. The van der Waals surface area contributed by atoms with Gasteiger partial charge in [-0.05, 0) is 24.8 Å². The second-order valence-corrected chi connectivity index (χ2v) is 5.19. The number of nitrogens with zero attached hydrogens (tertiary/aromatic N) is 1. The first kappa shape index (κ1) is 13.5. The van der Waals surface area contributed by atoms with E-state index >= 15 is 0 Å². The van der Waals surface area contributed by atoms with Crippen molar-refractivity contribution < 1.29 is 4.79 Å². The van der Waals surface area contributed by atoms with Crippen LogP contribution in [0.25, 0.3) is 0 Å². The highest BCUT2D eigenvalue weighted by atomic mass is 16.1. The highest BCUT2D eigenvalue weighted by molar-refractivity contribution is 5.73. The highest BCUT2D eigenvalue weighted by Crippen LogP contribution is 2.16. The summed E-state index contributed by atoms with van der Waals surface area (Å²) in [4.78, 5) is 13.4. The first-order valence-corrected chi connectivity index (χ1v) is 6.22. The molecule has 1 aliphatic rings. The third-order valence-corrected chi connectivity index (χ3v) is 3.42. The predicted octanol–water partition coefficient (Wildman–Crippen LogP) is 0.428. The summed E-state index contributed by atoms with van der Waals surface area (Å²) in [5.74, 6) is 1.27. The van der Waals surface area contributed by atoms with Crippen molar-refractivity contribution in [2.45, 2.75) is 33.2 Å². The Hall–Kier alpha value is -0.610. The summed E-state index contributed by atoms with van der Waals surface area (Å²) in [5, 5.41) is 2.98. The van der Waals surface area contributed by atoms with Crippen LogP contribution >= 0.6 is 0 Å². The Balaban J connectivity index is 2.32. The zero-order valence-corrected chi connectivity index (χ0v) is 10.7. The van der Waals surface area contributed by atoms with Crippen LogP contribution in [0.15, 0.2) is 0 Å². The van der Waals surface area contributed by atoms with Crippen molar-refractivity contribution in [1.82, 2.24) is 10.2 Å². The van der Waals surface area contributed by atoms with Crippen molar-refractivity contribution in [2.75, 3.05) is 26.2 Å². The largest absolute Gasteiger partial charge is 0.352 e. The van der Waals surface area contributed by atoms with Gasteiger partial charge in [0.1, 0.15) is 0 Å². The molecule has 0 aromatic rings. The lowest BCUT2D eigenvalue weighted by Crippen LogP contribution is -2.38. The van der Waals surface area contributed by atoms with E-state index in [1.54, 1.807) is 6.92 Å². The number of rotatable bonds is 5. The fourth-order valence-corrected chi connectivity index (χ4v) is 2.29. The lowest BCUT2D eigenvalue weighted by Gasteiger charge is -2.25. The Labute approximate surface area is 98.6 Å². The average Bonchev–Trinajstić information content (AvgIpc) is 2.60. The van der Waals surface area contributed by atoms with Gasteiger partial charge < -0.3 is 16.0 Å². The second-order valence-electron chi connectivity index (χ2n) is 5.19. The van der Waals surface area contributed by atoms with Crippen LogP contribution < -0.4 is 11.1 Å². The molecule has 0 radical (unpaired) electrons.